The molecule has 104 valence electrons. The molecule has 0 saturated heterocycles. The number of nitrogens with one attached hydrogen (secondary N) is 1. The first kappa shape index (κ1) is 15.1. The second kappa shape index (κ2) is 10.0. The van der Waals surface area contributed by atoms with Crippen molar-refractivity contribution in [1.29, 1.82) is 0 Å². The summed E-state index contributed by atoms with van der Waals surface area (Å²) in [6.07, 6.45) is 6.12. The third-order valence-electron chi connectivity index (χ3n) is 2.70. The van der Waals surface area contributed by atoms with Gasteiger partial charge in [0.2, 0.25) is 0 Å². The minimum absolute atomic E-state index is 0.787. The van der Waals surface area contributed by atoms with Crippen molar-refractivity contribution in [2.24, 2.45) is 0 Å². The molecule has 1 aromatic heterocycles. The smallest absolute Gasteiger partial charge is 0.140 e. The van der Waals surface area contributed by atoms with E-state index in [1.165, 1.54) is 6.42 Å². The quantitative estimate of drug-likeness (QED) is 0.614. The third kappa shape index (κ3) is 6.12. The van der Waals surface area contributed by atoms with E-state index in [1.807, 2.05) is 4.68 Å². The average molecular weight is 254 g/mol. The number of unbranched alkanes of at least 4 members (excludes halogenated alkanes) is 1. The van der Waals surface area contributed by atoms with Crippen molar-refractivity contribution < 1.29 is 4.74 Å². The van der Waals surface area contributed by atoms with Crippen LogP contribution in [0.25, 0.3) is 0 Å². The highest BCUT2D eigenvalue weighted by molar-refractivity contribution is 4.83. The highest BCUT2D eigenvalue weighted by Crippen LogP contribution is 1.95. The highest BCUT2D eigenvalue weighted by atomic mass is 16.5. The van der Waals surface area contributed by atoms with Gasteiger partial charge < -0.3 is 10.1 Å². The molecule has 0 radical (unpaired) electrons. The van der Waals surface area contributed by atoms with Crippen LogP contribution in [0.5, 0.6) is 0 Å². The Hall–Kier alpha value is -0.940. The van der Waals surface area contributed by atoms with Crippen molar-refractivity contribution in [2.45, 2.75) is 52.6 Å². The molecule has 0 spiro atoms. The number of rotatable bonds is 11. The van der Waals surface area contributed by atoms with E-state index in [1.54, 1.807) is 6.33 Å². The Balaban J connectivity index is 2.01. The number of hydrogen-bond donors (Lipinski definition) is 1. The standard InChI is InChI=1S/C13H26N4O/c1-3-5-9-18-10-6-7-14-11-13-15-12-16-17(13)8-4-2/h12,14H,3-11H2,1-2H3. The van der Waals surface area contributed by atoms with Gasteiger partial charge in [0.15, 0.2) is 0 Å². The zero-order chi connectivity index (χ0) is 13.1. The van der Waals surface area contributed by atoms with Gasteiger partial charge in [0, 0.05) is 19.8 Å². The molecule has 0 bridgehead atoms. The predicted molar refractivity (Wildman–Crippen MR) is 72.4 cm³/mol. The molecule has 0 unspecified atom stereocenters. The van der Waals surface area contributed by atoms with Crippen molar-refractivity contribution in [3.8, 4) is 0 Å². The zero-order valence-corrected chi connectivity index (χ0v) is 11.7. The number of ether oxygens (including phenoxy) is 1. The van der Waals surface area contributed by atoms with Gasteiger partial charge in [-0.3, -0.25) is 0 Å². The Kier molecular flexibility index (Phi) is 8.42. The molecule has 0 atom stereocenters. The van der Waals surface area contributed by atoms with Gasteiger partial charge in [0.1, 0.15) is 12.2 Å². The largest absolute Gasteiger partial charge is 0.381 e. The third-order valence-corrected chi connectivity index (χ3v) is 2.70. The molecule has 0 aliphatic carbocycles. The van der Waals surface area contributed by atoms with Crippen LogP contribution >= 0.6 is 0 Å². The summed E-state index contributed by atoms with van der Waals surface area (Å²) in [5.41, 5.74) is 0. The molecule has 0 fully saturated rings. The Morgan fingerprint density at radius 1 is 1.22 bits per heavy atom. The van der Waals surface area contributed by atoms with Crippen LogP contribution in [0.1, 0.15) is 45.4 Å². The van der Waals surface area contributed by atoms with E-state index in [-0.39, 0.29) is 0 Å². The molecule has 0 amide bonds. The summed E-state index contributed by atoms with van der Waals surface area (Å²) in [5, 5.41) is 7.57. The summed E-state index contributed by atoms with van der Waals surface area (Å²) in [7, 11) is 0. The van der Waals surface area contributed by atoms with Crippen molar-refractivity contribution in [3.05, 3.63) is 12.2 Å². The van der Waals surface area contributed by atoms with Gasteiger partial charge in [-0.1, -0.05) is 20.3 Å². The van der Waals surface area contributed by atoms with Crippen LogP contribution < -0.4 is 5.32 Å². The van der Waals surface area contributed by atoms with E-state index < -0.39 is 0 Å². The molecule has 1 aromatic rings. The minimum atomic E-state index is 0.787. The Morgan fingerprint density at radius 3 is 2.83 bits per heavy atom. The second-order valence-corrected chi connectivity index (χ2v) is 4.40. The molecule has 18 heavy (non-hydrogen) atoms. The molecular formula is C13H26N4O. The molecule has 0 aliphatic rings. The maximum absolute atomic E-state index is 5.50. The molecule has 0 aromatic carbocycles. The van der Waals surface area contributed by atoms with Gasteiger partial charge >= 0.3 is 0 Å². The lowest BCUT2D eigenvalue weighted by atomic mass is 10.3. The van der Waals surface area contributed by atoms with Gasteiger partial charge in [0.25, 0.3) is 0 Å². The maximum Gasteiger partial charge on any atom is 0.140 e. The van der Waals surface area contributed by atoms with Crippen LogP contribution in [-0.4, -0.2) is 34.5 Å². The van der Waals surface area contributed by atoms with Crippen LogP contribution in [0.4, 0.5) is 0 Å². The lowest BCUT2D eigenvalue weighted by Crippen LogP contribution is -2.20. The topological polar surface area (TPSA) is 52.0 Å². The normalized spacial score (nSPS) is 11.0. The van der Waals surface area contributed by atoms with E-state index >= 15 is 0 Å². The summed E-state index contributed by atoms with van der Waals surface area (Å²) >= 11 is 0. The fourth-order valence-electron chi connectivity index (χ4n) is 1.67. The first-order chi connectivity index (χ1) is 8.88. The van der Waals surface area contributed by atoms with Gasteiger partial charge in [0.05, 0.1) is 6.54 Å². The SMILES string of the molecule is CCCCOCCCNCc1ncnn1CCC. The number of nitrogens with zero attached hydrogens (tertiary/aromatic N) is 3. The molecular weight excluding hydrogens is 228 g/mol. The van der Waals surface area contributed by atoms with Crippen LogP contribution in [0, 0.1) is 0 Å². The van der Waals surface area contributed by atoms with Crippen molar-refractivity contribution >= 4 is 0 Å². The number of aromatic nitrogens is 3. The average Bonchev–Trinajstić information content (AvgIpc) is 2.81. The van der Waals surface area contributed by atoms with Gasteiger partial charge in [-0.05, 0) is 25.8 Å². The first-order valence-electron chi connectivity index (χ1n) is 7.03. The molecule has 5 nitrogen and oxygen atoms in total. The second-order valence-electron chi connectivity index (χ2n) is 4.40. The number of aryl methyl sites for hydroxylation is 1. The van der Waals surface area contributed by atoms with Crippen molar-refractivity contribution in [3.63, 3.8) is 0 Å². The van der Waals surface area contributed by atoms with E-state index in [9.17, 15) is 0 Å². The summed E-state index contributed by atoms with van der Waals surface area (Å²) in [6, 6.07) is 0. The molecule has 0 saturated carbocycles. The molecule has 0 aliphatic heterocycles. The van der Waals surface area contributed by atoms with E-state index in [4.69, 9.17) is 4.74 Å². The maximum atomic E-state index is 5.50. The summed E-state index contributed by atoms with van der Waals surface area (Å²) in [6.45, 7) is 8.75. The number of hydrogen-bond acceptors (Lipinski definition) is 4. The van der Waals surface area contributed by atoms with E-state index in [0.717, 1.165) is 57.9 Å². The van der Waals surface area contributed by atoms with Crippen LogP contribution in [0.15, 0.2) is 6.33 Å². The minimum Gasteiger partial charge on any atom is -0.381 e. The summed E-state index contributed by atoms with van der Waals surface area (Å²) in [4.78, 5) is 4.25. The van der Waals surface area contributed by atoms with Crippen LogP contribution in [0.2, 0.25) is 0 Å². The van der Waals surface area contributed by atoms with Crippen molar-refractivity contribution in [1.82, 2.24) is 20.1 Å². The Bertz CT molecular complexity index is 301. The van der Waals surface area contributed by atoms with Gasteiger partial charge in [-0.15, -0.1) is 0 Å². The lowest BCUT2D eigenvalue weighted by Gasteiger charge is -2.06. The predicted octanol–water partition coefficient (Wildman–Crippen LogP) is 1.98. The Morgan fingerprint density at radius 2 is 2.06 bits per heavy atom. The highest BCUT2D eigenvalue weighted by Gasteiger charge is 2.01. The lowest BCUT2D eigenvalue weighted by molar-refractivity contribution is 0.128. The molecule has 5 heteroatoms. The molecule has 1 rings (SSSR count). The first-order valence-corrected chi connectivity index (χ1v) is 7.03. The Labute approximate surface area is 110 Å². The summed E-state index contributed by atoms with van der Waals surface area (Å²) < 4.78 is 7.46. The monoisotopic (exact) mass is 254 g/mol. The fraction of sp³-hybridized carbons (Fsp3) is 0.846. The fourth-order valence-corrected chi connectivity index (χ4v) is 1.67. The van der Waals surface area contributed by atoms with E-state index in [0.29, 0.717) is 0 Å². The van der Waals surface area contributed by atoms with Gasteiger partial charge in [-0.2, -0.15) is 5.10 Å². The molecule has 1 N–H and O–H groups in total. The van der Waals surface area contributed by atoms with E-state index in [2.05, 4.69) is 29.2 Å². The molecule has 1 heterocycles. The van der Waals surface area contributed by atoms with Gasteiger partial charge in [-0.25, -0.2) is 9.67 Å². The summed E-state index contributed by atoms with van der Waals surface area (Å²) in [5.74, 6) is 1.02. The van der Waals surface area contributed by atoms with Crippen LogP contribution in [-0.2, 0) is 17.8 Å². The zero-order valence-electron chi connectivity index (χ0n) is 11.7. The van der Waals surface area contributed by atoms with Crippen molar-refractivity contribution in [2.75, 3.05) is 19.8 Å². The van der Waals surface area contributed by atoms with Crippen LogP contribution in [0.3, 0.4) is 0 Å².